The first-order valence-electron chi connectivity index (χ1n) is 9.42. The minimum Gasteiger partial charge on any atom is -0.383 e. The molecule has 6 heteroatoms. The first-order chi connectivity index (χ1) is 12.8. The zero-order chi connectivity index (χ0) is 17.9. The van der Waals surface area contributed by atoms with E-state index in [-0.39, 0.29) is 12.1 Å². The Morgan fingerprint density at radius 3 is 2.85 bits per heavy atom. The van der Waals surface area contributed by atoms with Crippen LogP contribution in [0.4, 0.5) is 0 Å². The van der Waals surface area contributed by atoms with E-state index in [9.17, 15) is 0 Å². The van der Waals surface area contributed by atoms with Gasteiger partial charge in [-0.25, -0.2) is 0 Å². The average Bonchev–Trinajstić information content (AvgIpc) is 3.40. The molecule has 0 spiro atoms. The SMILES string of the molecule is COCCN1C(=S)NC(c2ccccn2)C1c1ccn(C2CCCC2)c1. The monoisotopic (exact) mass is 370 g/mol. The zero-order valence-electron chi connectivity index (χ0n) is 15.2. The number of methoxy groups -OCH3 is 1. The van der Waals surface area contributed by atoms with Crippen LogP contribution in [-0.4, -0.2) is 39.8 Å². The largest absolute Gasteiger partial charge is 0.383 e. The van der Waals surface area contributed by atoms with E-state index in [1.54, 1.807) is 7.11 Å². The Balaban J connectivity index is 1.66. The van der Waals surface area contributed by atoms with E-state index < -0.39 is 0 Å². The summed E-state index contributed by atoms with van der Waals surface area (Å²) in [5.41, 5.74) is 2.31. The molecule has 1 saturated carbocycles. The molecule has 3 heterocycles. The van der Waals surface area contributed by atoms with Crippen LogP contribution in [0.1, 0.15) is 55.1 Å². The summed E-state index contributed by atoms with van der Waals surface area (Å²) in [5, 5.41) is 4.26. The summed E-state index contributed by atoms with van der Waals surface area (Å²) >= 11 is 5.65. The van der Waals surface area contributed by atoms with Gasteiger partial charge >= 0.3 is 0 Å². The van der Waals surface area contributed by atoms with Gasteiger partial charge in [0.15, 0.2) is 5.11 Å². The van der Waals surface area contributed by atoms with Crippen LogP contribution in [0.3, 0.4) is 0 Å². The van der Waals surface area contributed by atoms with Crippen LogP contribution in [0.15, 0.2) is 42.9 Å². The van der Waals surface area contributed by atoms with Crippen LogP contribution in [0, 0.1) is 0 Å². The van der Waals surface area contributed by atoms with Gasteiger partial charge in [-0.05, 0) is 48.8 Å². The van der Waals surface area contributed by atoms with Crippen LogP contribution in [-0.2, 0) is 4.74 Å². The van der Waals surface area contributed by atoms with E-state index in [1.165, 1.54) is 31.2 Å². The number of nitrogens with one attached hydrogen (secondary N) is 1. The molecule has 0 radical (unpaired) electrons. The van der Waals surface area contributed by atoms with Crippen molar-refractivity contribution in [2.75, 3.05) is 20.3 Å². The average molecular weight is 371 g/mol. The van der Waals surface area contributed by atoms with Crippen LogP contribution < -0.4 is 5.32 Å². The molecule has 5 nitrogen and oxygen atoms in total. The fourth-order valence-corrected chi connectivity index (χ4v) is 4.57. The molecule has 2 fully saturated rings. The molecule has 4 rings (SSSR count). The normalized spacial score (nSPS) is 23.6. The van der Waals surface area contributed by atoms with Crippen LogP contribution >= 0.6 is 12.2 Å². The number of hydrogen-bond acceptors (Lipinski definition) is 3. The Hall–Kier alpha value is -1.92. The summed E-state index contributed by atoms with van der Waals surface area (Å²) in [4.78, 5) is 6.83. The predicted octanol–water partition coefficient (Wildman–Crippen LogP) is 3.62. The van der Waals surface area contributed by atoms with Crippen molar-refractivity contribution >= 4 is 17.3 Å². The Labute approximate surface area is 160 Å². The fourth-order valence-electron chi connectivity index (χ4n) is 4.23. The van der Waals surface area contributed by atoms with Gasteiger partial charge in [0.05, 0.1) is 24.4 Å². The summed E-state index contributed by atoms with van der Waals surface area (Å²) in [6.07, 6.45) is 11.6. The van der Waals surface area contributed by atoms with E-state index in [1.807, 2.05) is 18.3 Å². The molecule has 1 saturated heterocycles. The first-order valence-corrected chi connectivity index (χ1v) is 9.83. The van der Waals surface area contributed by atoms with Gasteiger partial charge in [0.1, 0.15) is 0 Å². The lowest BCUT2D eigenvalue weighted by molar-refractivity contribution is 0.164. The van der Waals surface area contributed by atoms with Gasteiger partial charge in [-0.15, -0.1) is 0 Å². The number of pyridine rings is 1. The summed E-state index contributed by atoms with van der Waals surface area (Å²) in [7, 11) is 1.73. The standard InChI is InChI=1S/C20H26N4OS/c1-25-13-12-24-19(15-9-11-23(14-15)16-6-2-3-7-16)18(22-20(24)26)17-8-4-5-10-21-17/h4-5,8-11,14,16,18-19H,2-3,6-7,12-13H2,1H3,(H,22,26). The molecular weight excluding hydrogens is 344 g/mol. The smallest absolute Gasteiger partial charge is 0.170 e. The van der Waals surface area contributed by atoms with E-state index in [2.05, 4.69) is 44.3 Å². The minimum absolute atomic E-state index is 0.0555. The van der Waals surface area contributed by atoms with Crippen molar-refractivity contribution in [3.8, 4) is 0 Å². The number of nitrogens with zero attached hydrogens (tertiary/aromatic N) is 3. The topological polar surface area (TPSA) is 42.3 Å². The molecule has 2 atom stereocenters. The molecule has 2 aromatic rings. The van der Waals surface area contributed by atoms with Gasteiger partial charge in [0, 0.05) is 38.3 Å². The van der Waals surface area contributed by atoms with Gasteiger partial charge in [-0.2, -0.15) is 0 Å². The molecule has 0 amide bonds. The molecule has 1 N–H and O–H groups in total. The summed E-state index contributed by atoms with van der Waals surface area (Å²) < 4.78 is 7.71. The van der Waals surface area contributed by atoms with Gasteiger partial charge < -0.3 is 19.5 Å². The third-order valence-electron chi connectivity index (χ3n) is 5.56. The maximum absolute atomic E-state index is 5.65. The molecular formula is C20H26N4OS. The number of hydrogen-bond donors (Lipinski definition) is 1. The maximum Gasteiger partial charge on any atom is 0.170 e. The van der Waals surface area contributed by atoms with Crippen LogP contribution in [0.25, 0.3) is 0 Å². The zero-order valence-corrected chi connectivity index (χ0v) is 16.0. The Bertz CT molecular complexity index is 741. The third-order valence-corrected chi connectivity index (χ3v) is 5.91. The van der Waals surface area contributed by atoms with E-state index in [0.717, 1.165) is 17.4 Å². The lowest BCUT2D eigenvalue weighted by Crippen LogP contribution is -2.32. The second-order valence-electron chi connectivity index (χ2n) is 7.14. The molecule has 138 valence electrons. The second kappa shape index (κ2) is 7.76. The molecule has 1 aliphatic carbocycles. The van der Waals surface area contributed by atoms with E-state index >= 15 is 0 Å². The molecule has 2 aromatic heterocycles. The first kappa shape index (κ1) is 17.5. The lowest BCUT2D eigenvalue weighted by atomic mass is 9.99. The third kappa shape index (κ3) is 3.35. The van der Waals surface area contributed by atoms with Crippen LogP contribution in [0.5, 0.6) is 0 Å². The minimum atomic E-state index is 0.0555. The highest BCUT2D eigenvalue weighted by atomic mass is 32.1. The number of rotatable bonds is 6. The van der Waals surface area contributed by atoms with Gasteiger partial charge in [0.2, 0.25) is 0 Å². The van der Waals surface area contributed by atoms with Crippen LogP contribution in [0.2, 0.25) is 0 Å². The molecule has 1 aliphatic heterocycles. The molecule has 2 aliphatic rings. The molecule has 26 heavy (non-hydrogen) atoms. The van der Waals surface area contributed by atoms with Crippen molar-refractivity contribution in [2.24, 2.45) is 0 Å². The molecule has 0 bridgehead atoms. The van der Waals surface area contributed by atoms with Crippen molar-refractivity contribution in [2.45, 2.75) is 43.8 Å². The Kier molecular flexibility index (Phi) is 5.22. The van der Waals surface area contributed by atoms with Crippen molar-refractivity contribution in [3.63, 3.8) is 0 Å². The lowest BCUT2D eigenvalue weighted by Gasteiger charge is -2.27. The molecule has 2 unspecified atom stereocenters. The van der Waals surface area contributed by atoms with Crippen molar-refractivity contribution in [1.29, 1.82) is 0 Å². The summed E-state index contributed by atoms with van der Waals surface area (Å²) in [6, 6.07) is 9.13. The van der Waals surface area contributed by atoms with E-state index in [4.69, 9.17) is 17.0 Å². The van der Waals surface area contributed by atoms with Gasteiger partial charge in [0.25, 0.3) is 0 Å². The number of aromatic nitrogens is 2. The number of ether oxygens (including phenoxy) is 1. The van der Waals surface area contributed by atoms with E-state index in [0.29, 0.717) is 12.6 Å². The van der Waals surface area contributed by atoms with Crippen molar-refractivity contribution in [3.05, 3.63) is 54.1 Å². The highest BCUT2D eigenvalue weighted by Gasteiger charge is 2.40. The van der Waals surface area contributed by atoms with Gasteiger partial charge in [-0.1, -0.05) is 18.9 Å². The quantitative estimate of drug-likeness (QED) is 0.787. The maximum atomic E-state index is 5.65. The predicted molar refractivity (Wildman–Crippen MR) is 106 cm³/mol. The Morgan fingerprint density at radius 1 is 1.27 bits per heavy atom. The second-order valence-corrected chi connectivity index (χ2v) is 7.53. The number of thiocarbonyl (C=S) groups is 1. The van der Waals surface area contributed by atoms with Crippen molar-refractivity contribution in [1.82, 2.24) is 19.8 Å². The van der Waals surface area contributed by atoms with Gasteiger partial charge in [-0.3, -0.25) is 4.98 Å². The Morgan fingerprint density at radius 2 is 2.12 bits per heavy atom. The van der Waals surface area contributed by atoms with Crippen molar-refractivity contribution < 1.29 is 4.74 Å². The highest BCUT2D eigenvalue weighted by molar-refractivity contribution is 7.80. The fraction of sp³-hybridized carbons (Fsp3) is 0.500. The summed E-state index contributed by atoms with van der Waals surface area (Å²) in [5.74, 6) is 0. The summed E-state index contributed by atoms with van der Waals surface area (Å²) in [6.45, 7) is 1.42. The molecule has 0 aromatic carbocycles. The highest BCUT2D eigenvalue weighted by Crippen LogP contribution is 2.39.